The number of halogens is 1. The van der Waals surface area contributed by atoms with Gasteiger partial charge in [-0.25, -0.2) is 4.39 Å². The van der Waals surface area contributed by atoms with Gasteiger partial charge in [0.25, 0.3) is 5.91 Å². The van der Waals surface area contributed by atoms with Gasteiger partial charge in [0.15, 0.2) is 0 Å². The zero-order valence-corrected chi connectivity index (χ0v) is 9.67. The SMILES string of the molecule is NC(=O)c1c(F)cccc1N(CC(=O)O)CC(=O)O. The van der Waals surface area contributed by atoms with Crippen molar-refractivity contribution in [3.05, 3.63) is 29.6 Å². The van der Waals surface area contributed by atoms with E-state index in [9.17, 15) is 18.8 Å². The fourth-order valence-electron chi connectivity index (χ4n) is 1.57. The Morgan fingerprint density at radius 3 is 2.11 bits per heavy atom. The second-order valence-electron chi connectivity index (χ2n) is 3.64. The summed E-state index contributed by atoms with van der Waals surface area (Å²) >= 11 is 0. The number of carbonyl (C=O) groups is 3. The molecule has 0 bridgehead atoms. The summed E-state index contributed by atoms with van der Waals surface area (Å²) < 4.78 is 13.5. The molecule has 102 valence electrons. The van der Waals surface area contributed by atoms with Crippen LogP contribution in [0.25, 0.3) is 0 Å². The fourth-order valence-corrected chi connectivity index (χ4v) is 1.57. The molecule has 0 spiro atoms. The molecule has 0 heterocycles. The topological polar surface area (TPSA) is 121 Å². The summed E-state index contributed by atoms with van der Waals surface area (Å²) in [7, 11) is 0. The third-order valence-electron chi connectivity index (χ3n) is 2.23. The van der Waals surface area contributed by atoms with Crippen LogP contribution in [0.1, 0.15) is 10.4 Å². The van der Waals surface area contributed by atoms with Crippen molar-refractivity contribution in [1.82, 2.24) is 0 Å². The van der Waals surface area contributed by atoms with Crippen LogP contribution in [0.4, 0.5) is 10.1 Å². The molecule has 0 aromatic heterocycles. The molecule has 4 N–H and O–H groups in total. The lowest BCUT2D eigenvalue weighted by molar-refractivity contribution is -0.136. The van der Waals surface area contributed by atoms with Crippen molar-refractivity contribution in [2.45, 2.75) is 0 Å². The van der Waals surface area contributed by atoms with E-state index in [1.807, 2.05) is 0 Å². The van der Waals surface area contributed by atoms with Crippen LogP contribution in [-0.2, 0) is 9.59 Å². The molecule has 8 heteroatoms. The summed E-state index contributed by atoms with van der Waals surface area (Å²) in [6.07, 6.45) is 0. The number of carboxylic acids is 2. The molecule has 0 aliphatic carbocycles. The van der Waals surface area contributed by atoms with Crippen LogP contribution in [-0.4, -0.2) is 41.1 Å². The Kier molecular flexibility index (Phi) is 4.41. The second-order valence-corrected chi connectivity index (χ2v) is 3.64. The molecule has 19 heavy (non-hydrogen) atoms. The highest BCUT2D eigenvalue weighted by atomic mass is 19.1. The number of hydrogen-bond acceptors (Lipinski definition) is 4. The van der Waals surface area contributed by atoms with Crippen molar-refractivity contribution >= 4 is 23.5 Å². The molecule has 0 aliphatic heterocycles. The number of nitrogens with zero attached hydrogens (tertiary/aromatic N) is 1. The van der Waals surface area contributed by atoms with Gasteiger partial charge in [-0.1, -0.05) is 6.07 Å². The number of nitrogens with two attached hydrogens (primary N) is 1. The lowest BCUT2D eigenvalue weighted by Crippen LogP contribution is -2.36. The first-order valence-electron chi connectivity index (χ1n) is 5.09. The summed E-state index contributed by atoms with van der Waals surface area (Å²) in [5.41, 5.74) is 4.31. The summed E-state index contributed by atoms with van der Waals surface area (Å²) in [5.74, 6) is -4.68. The van der Waals surface area contributed by atoms with Crippen molar-refractivity contribution in [3.63, 3.8) is 0 Å². The number of carbonyl (C=O) groups excluding carboxylic acids is 1. The number of benzene rings is 1. The number of anilines is 1. The first kappa shape index (κ1) is 14.4. The number of primary amides is 1. The third kappa shape index (κ3) is 3.66. The summed E-state index contributed by atoms with van der Waals surface area (Å²) in [4.78, 5) is 33.4. The molecule has 0 atom stereocenters. The van der Waals surface area contributed by atoms with E-state index in [0.29, 0.717) is 0 Å². The van der Waals surface area contributed by atoms with Gasteiger partial charge in [-0.05, 0) is 12.1 Å². The zero-order chi connectivity index (χ0) is 14.6. The van der Waals surface area contributed by atoms with Gasteiger partial charge in [0, 0.05) is 0 Å². The van der Waals surface area contributed by atoms with E-state index in [2.05, 4.69) is 0 Å². The Morgan fingerprint density at radius 1 is 1.16 bits per heavy atom. The summed E-state index contributed by atoms with van der Waals surface area (Å²) in [6, 6.07) is 3.44. The molecule has 1 amide bonds. The monoisotopic (exact) mass is 270 g/mol. The zero-order valence-electron chi connectivity index (χ0n) is 9.67. The van der Waals surface area contributed by atoms with Gasteiger partial charge in [0.05, 0.1) is 11.3 Å². The van der Waals surface area contributed by atoms with Crippen LogP contribution in [0, 0.1) is 5.82 Å². The van der Waals surface area contributed by atoms with E-state index in [1.165, 1.54) is 12.1 Å². The standard InChI is InChI=1S/C11H11FN2O5/c12-6-2-1-3-7(10(6)11(13)19)14(4-8(15)16)5-9(17)18/h1-3H,4-5H2,(H2,13,19)(H,15,16)(H,17,18). The van der Waals surface area contributed by atoms with Crippen molar-refractivity contribution < 1.29 is 29.0 Å². The van der Waals surface area contributed by atoms with E-state index >= 15 is 0 Å². The van der Waals surface area contributed by atoms with Gasteiger partial charge in [-0.2, -0.15) is 0 Å². The Morgan fingerprint density at radius 2 is 1.68 bits per heavy atom. The summed E-state index contributed by atoms with van der Waals surface area (Å²) in [5, 5.41) is 17.4. The number of hydrogen-bond donors (Lipinski definition) is 3. The average molecular weight is 270 g/mol. The lowest BCUT2D eigenvalue weighted by Gasteiger charge is -2.22. The van der Waals surface area contributed by atoms with Crippen LogP contribution in [0.2, 0.25) is 0 Å². The minimum absolute atomic E-state index is 0.169. The summed E-state index contributed by atoms with van der Waals surface area (Å²) in [6.45, 7) is -1.40. The Hall–Kier alpha value is -2.64. The highest BCUT2D eigenvalue weighted by molar-refractivity contribution is 6.00. The van der Waals surface area contributed by atoms with E-state index in [0.717, 1.165) is 11.0 Å². The quantitative estimate of drug-likeness (QED) is 0.663. The molecule has 1 rings (SSSR count). The molecular weight excluding hydrogens is 259 g/mol. The number of amides is 1. The van der Waals surface area contributed by atoms with E-state index in [1.54, 1.807) is 0 Å². The van der Waals surface area contributed by atoms with Crippen LogP contribution >= 0.6 is 0 Å². The molecule has 1 aromatic carbocycles. The van der Waals surface area contributed by atoms with Gasteiger partial charge in [0.2, 0.25) is 0 Å². The lowest BCUT2D eigenvalue weighted by atomic mass is 10.1. The molecule has 0 radical (unpaired) electrons. The molecule has 7 nitrogen and oxygen atoms in total. The molecule has 0 saturated heterocycles. The second kappa shape index (κ2) is 5.80. The molecule has 1 aromatic rings. The van der Waals surface area contributed by atoms with Crippen LogP contribution in [0.15, 0.2) is 18.2 Å². The molecular formula is C11H11FN2O5. The van der Waals surface area contributed by atoms with Gasteiger partial charge in [-0.15, -0.1) is 0 Å². The maximum absolute atomic E-state index is 13.5. The minimum Gasteiger partial charge on any atom is -0.480 e. The highest BCUT2D eigenvalue weighted by Crippen LogP contribution is 2.22. The Balaban J connectivity index is 3.28. The smallest absolute Gasteiger partial charge is 0.323 e. The predicted molar refractivity (Wildman–Crippen MR) is 62.4 cm³/mol. The Bertz CT molecular complexity index is 516. The maximum atomic E-state index is 13.5. The van der Waals surface area contributed by atoms with Gasteiger partial charge in [0.1, 0.15) is 18.9 Å². The fraction of sp³-hybridized carbons (Fsp3) is 0.182. The van der Waals surface area contributed by atoms with E-state index in [-0.39, 0.29) is 5.69 Å². The third-order valence-corrected chi connectivity index (χ3v) is 2.23. The van der Waals surface area contributed by atoms with Crippen molar-refractivity contribution in [2.75, 3.05) is 18.0 Å². The number of carboxylic acid groups (broad SMARTS) is 2. The molecule has 0 fully saturated rings. The van der Waals surface area contributed by atoms with Crippen LogP contribution in [0.3, 0.4) is 0 Å². The normalized spacial score (nSPS) is 9.95. The first-order valence-corrected chi connectivity index (χ1v) is 5.09. The highest BCUT2D eigenvalue weighted by Gasteiger charge is 2.22. The van der Waals surface area contributed by atoms with Crippen molar-refractivity contribution in [2.24, 2.45) is 5.73 Å². The predicted octanol–water partition coefficient (Wildman–Crippen LogP) is -0.0998. The largest absolute Gasteiger partial charge is 0.480 e. The first-order chi connectivity index (χ1) is 8.82. The van der Waals surface area contributed by atoms with Gasteiger partial charge in [-0.3, -0.25) is 14.4 Å². The number of aliphatic carboxylic acids is 2. The van der Waals surface area contributed by atoms with E-state index in [4.69, 9.17) is 15.9 Å². The number of rotatable bonds is 6. The van der Waals surface area contributed by atoms with Crippen molar-refractivity contribution in [3.8, 4) is 0 Å². The van der Waals surface area contributed by atoms with Crippen molar-refractivity contribution in [1.29, 1.82) is 0 Å². The molecule has 0 saturated carbocycles. The van der Waals surface area contributed by atoms with Gasteiger partial charge < -0.3 is 20.8 Å². The van der Waals surface area contributed by atoms with E-state index < -0.39 is 42.3 Å². The Labute approximate surface area is 107 Å². The maximum Gasteiger partial charge on any atom is 0.323 e. The minimum atomic E-state index is -1.32. The van der Waals surface area contributed by atoms with Gasteiger partial charge >= 0.3 is 11.9 Å². The average Bonchev–Trinajstić information content (AvgIpc) is 2.25. The van der Waals surface area contributed by atoms with Crippen LogP contribution in [0.5, 0.6) is 0 Å². The molecule has 0 unspecified atom stereocenters. The van der Waals surface area contributed by atoms with Crippen LogP contribution < -0.4 is 10.6 Å². The molecule has 0 aliphatic rings.